The summed E-state index contributed by atoms with van der Waals surface area (Å²) >= 11 is 0. The zero-order valence-corrected chi connectivity index (χ0v) is 20.3. The number of aryl methyl sites for hydroxylation is 1. The number of carbonyl (C=O) groups is 1. The monoisotopic (exact) mass is 484 g/mol. The molecule has 4 nitrogen and oxygen atoms in total. The molecule has 0 aliphatic carbocycles. The van der Waals surface area contributed by atoms with E-state index in [1.807, 2.05) is 62.1 Å². The Morgan fingerprint density at radius 2 is 1.83 bits per heavy atom. The van der Waals surface area contributed by atoms with E-state index < -0.39 is 11.7 Å². The number of rotatable bonds is 7. The molecule has 0 radical (unpaired) electrons. The maximum absolute atomic E-state index is 13.4. The fraction of sp³-hybridized carbons (Fsp3) is 0.393. The number of halogens is 3. The molecule has 3 aromatic rings. The van der Waals surface area contributed by atoms with E-state index in [2.05, 4.69) is 4.90 Å². The van der Waals surface area contributed by atoms with Crippen molar-refractivity contribution < 1.29 is 22.4 Å². The molecule has 0 N–H and O–H groups in total. The molecule has 0 unspecified atom stereocenters. The van der Waals surface area contributed by atoms with Crippen LogP contribution in [0.2, 0.25) is 0 Å². The molecule has 4 rings (SSSR count). The molecule has 35 heavy (non-hydrogen) atoms. The van der Waals surface area contributed by atoms with E-state index >= 15 is 0 Å². The maximum Gasteiger partial charge on any atom is 0.416 e. The number of amides is 1. The van der Waals surface area contributed by atoms with Crippen molar-refractivity contribution in [1.29, 1.82) is 0 Å². The van der Waals surface area contributed by atoms with Gasteiger partial charge in [-0.15, -0.1) is 0 Å². The molecule has 2 atom stereocenters. The minimum absolute atomic E-state index is 0.0229. The summed E-state index contributed by atoms with van der Waals surface area (Å²) in [5.74, 6) is 0.585. The van der Waals surface area contributed by atoms with Gasteiger partial charge in [0.1, 0.15) is 5.76 Å². The van der Waals surface area contributed by atoms with Gasteiger partial charge in [-0.2, -0.15) is 13.2 Å². The van der Waals surface area contributed by atoms with E-state index in [0.29, 0.717) is 37.3 Å². The first kappa shape index (κ1) is 25.0. The molecule has 186 valence electrons. The quantitative estimate of drug-likeness (QED) is 0.391. The molecule has 1 amide bonds. The summed E-state index contributed by atoms with van der Waals surface area (Å²) in [6.45, 7) is 8.21. The molecule has 2 heterocycles. The summed E-state index contributed by atoms with van der Waals surface area (Å²) in [7, 11) is 0. The van der Waals surface area contributed by atoms with E-state index in [1.165, 1.54) is 12.1 Å². The van der Waals surface area contributed by atoms with E-state index in [4.69, 9.17) is 4.42 Å². The van der Waals surface area contributed by atoms with Gasteiger partial charge < -0.3 is 9.32 Å². The molecule has 1 aliphatic rings. The molecule has 0 bridgehead atoms. The number of hydrogen-bond acceptors (Lipinski definition) is 3. The third-order valence-electron chi connectivity index (χ3n) is 6.73. The van der Waals surface area contributed by atoms with Crippen molar-refractivity contribution in [3.05, 3.63) is 94.9 Å². The van der Waals surface area contributed by atoms with E-state index in [0.717, 1.165) is 17.4 Å². The molecular formula is C28H31F3N2O2. The van der Waals surface area contributed by atoms with E-state index in [-0.39, 0.29) is 23.8 Å². The Hall–Kier alpha value is -3.06. The predicted molar refractivity (Wildman–Crippen MR) is 129 cm³/mol. The summed E-state index contributed by atoms with van der Waals surface area (Å²) in [6.07, 6.45) is -2.78. The predicted octanol–water partition coefficient (Wildman–Crippen LogP) is 6.37. The minimum atomic E-state index is -4.40. The van der Waals surface area contributed by atoms with Gasteiger partial charge in [0.25, 0.3) is 5.91 Å². The lowest BCUT2D eigenvalue weighted by Crippen LogP contribution is -2.42. The molecule has 1 aliphatic heterocycles. The summed E-state index contributed by atoms with van der Waals surface area (Å²) in [4.78, 5) is 17.4. The van der Waals surface area contributed by atoms with Crippen LogP contribution in [0.4, 0.5) is 13.2 Å². The SMILES string of the molecule is Cc1ccc(C(=O)N(C[C@@H]2CN(Cc3ccco3)C[C@@H]2c2cccc(C(F)(F)F)c2)C(C)C)cc1. The van der Waals surface area contributed by atoms with E-state index in [1.54, 1.807) is 12.3 Å². The van der Waals surface area contributed by atoms with Crippen molar-refractivity contribution in [2.45, 2.75) is 45.5 Å². The number of likely N-dealkylation sites (tertiary alicyclic amines) is 1. The molecular weight excluding hydrogens is 453 g/mol. The average molecular weight is 485 g/mol. The van der Waals surface area contributed by atoms with Gasteiger partial charge in [-0.3, -0.25) is 9.69 Å². The fourth-order valence-corrected chi connectivity index (χ4v) is 4.86. The Morgan fingerprint density at radius 1 is 1.09 bits per heavy atom. The highest BCUT2D eigenvalue weighted by Crippen LogP contribution is 2.37. The van der Waals surface area contributed by atoms with Crippen LogP contribution in [-0.2, 0) is 12.7 Å². The van der Waals surface area contributed by atoms with Gasteiger partial charge in [0, 0.05) is 37.2 Å². The second-order valence-corrected chi connectivity index (χ2v) is 9.68. The van der Waals surface area contributed by atoms with Gasteiger partial charge in [-0.25, -0.2) is 0 Å². The largest absolute Gasteiger partial charge is 0.468 e. The van der Waals surface area contributed by atoms with Crippen molar-refractivity contribution in [3.8, 4) is 0 Å². The summed E-state index contributed by atoms with van der Waals surface area (Å²) in [5, 5.41) is 0. The lowest BCUT2D eigenvalue weighted by Gasteiger charge is -2.32. The molecule has 0 spiro atoms. The second kappa shape index (κ2) is 10.3. The van der Waals surface area contributed by atoms with Crippen molar-refractivity contribution >= 4 is 5.91 Å². The van der Waals surface area contributed by atoms with Crippen molar-refractivity contribution in [1.82, 2.24) is 9.80 Å². The van der Waals surface area contributed by atoms with Gasteiger partial charge in [-0.1, -0.05) is 35.9 Å². The van der Waals surface area contributed by atoms with Crippen LogP contribution in [0.1, 0.15) is 52.6 Å². The summed E-state index contributed by atoms with van der Waals surface area (Å²) in [5.41, 5.74) is 1.70. The topological polar surface area (TPSA) is 36.7 Å². The first-order valence-corrected chi connectivity index (χ1v) is 11.9. The lowest BCUT2D eigenvalue weighted by molar-refractivity contribution is -0.137. The minimum Gasteiger partial charge on any atom is -0.468 e. The molecule has 1 fully saturated rings. The van der Waals surface area contributed by atoms with Crippen molar-refractivity contribution in [2.24, 2.45) is 5.92 Å². The molecule has 7 heteroatoms. The van der Waals surface area contributed by atoms with Crippen LogP contribution in [0.25, 0.3) is 0 Å². The van der Waals surface area contributed by atoms with Crippen LogP contribution in [0.5, 0.6) is 0 Å². The van der Waals surface area contributed by atoms with Crippen LogP contribution < -0.4 is 0 Å². The molecule has 1 aromatic heterocycles. The van der Waals surface area contributed by atoms with Gasteiger partial charge in [-0.05, 0) is 62.6 Å². The molecule has 1 saturated heterocycles. The Kier molecular flexibility index (Phi) is 7.36. The second-order valence-electron chi connectivity index (χ2n) is 9.68. The van der Waals surface area contributed by atoms with Crippen LogP contribution in [-0.4, -0.2) is 41.4 Å². The van der Waals surface area contributed by atoms with Crippen LogP contribution in [0, 0.1) is 12.8 Å². The third kappa shape index (κ3) is 5.96. The van der Waals surface area contributed by atoms with Gasteiger partial charge >= 0.3 is 6.18 Å². The lowest BCUT2D eigenvalue weighted by atomic mass is 9.87. The Morgan fingerprint density at radius 3 is 2.46 bits per heavy atom. The normalized spacial score (nSPS) is 18.8. The fourth-order valence-electron chi connectivity index (χ4n) is 4.86. The Bertz CT molecular complexity index is 1120. The van der Waals surface area contributed by atoms with Crippen molar-refractivity contribution in [3.63, 3.8) is 0 Å². The molecule has 0 saturated carbocycles. The number of furan rings is 1. The number of nitrogens with zero attached hydrogens (tertiary/aromatic N) is 2. The standard InChI is InChI=1S/C28H31F3N2O2/c1-19(2)33(27(34)21-11-9-20(3)10-12-21)16-23-15-32(17-25-8-5-13-35-25)18-26(23)22-6-4-7-24(14-22)28(29,30)31/h4-14,19,23,26H,15-18H2,1-3H3/t23-,26+/m0/s1. The smallest absolute Gasteiger partial charge is 0.416 e. The first-order chi connectivity index (χ1) is 16.6. The number of alkyl halides is 3. The Balaban J connectivity index is 1.61. The summed E-state index contributed by atoms with van der Waals surface area (Å²) in [6, 6.07) is 16.8. The highest BCUT2D eigenvalue weighted by molar-refractivity contribution is 5.94. The number of carbonyl (C=O) groups excluding carboxylic acids is 1. The zero-order chi connectivity index (χ0) is 25.2. The third-order valence-corrected chi connectivity index (χ3v) is 6.73. The Labute approximate surface area is 204 Å². The van der Waals surface area contributed by atoms with Gasteiger partial charge in [0.15, 0.2) is 0 Å². The highest BCUT2D eigenvalue weighted by Gasteiger charge is 2.38. The van der Waals surface area contributed by atoms with E-state index in [9.17, 15) is 18.0 Å². The summed E-state index contributed by atoms with van der Waals surface area (Å²) < 4.78 is 45.8. The van der Waals surface area contributed by atoms with Crippen LogP contribution >= 0.6 is 0 Å². The van der Waals surface area contributed by atoms with Crippen LogP contribution in [0.15, 0.2) is 71.3 Å². The maximum atomic E-state index is 13.4. The highest BCUT2D eigenvalue weighted by atomic mass is 19.4. The number of hydrogen-bond donors (Lipinski definition) is 0. The molecule has 2 aromatic carbocycles. The van der Waals surface area contributed by atoms with Crippen molar-refractivity contribution in [2.75, 3.05) is 19.6 Å². The zero-order valence-electron chi connectivity index (χ0n) is 20.3. The first-order valence-electron chi connectivity index (χ1n) is 11.9. The van der Waals surface area contributed by atoms with Gasteiger partial charge in [0.05, 0.1) is 18.4 Å². The van der Waals surface area contributed by atoms with Gasteiger partial charge in [0.2, 0.25) is 0 Å². The average Bonchev–Trinajstić information content (AvgIpc) is 3.47. The van der Waals surface area contributed by atoms with Crippen LogP contribution in [0.3, 0.4) is 0 Å². The number of benzene rings is 2.